The summed E-state index contributed by atoms with van der Waals surface area (Å²) in [6.07, 6.45) is 4.77. The molecule has 1 saturated carbocycles. The fourth-order valence-corrected chi connectivity index (χ4v) is 3.11. The molecule has 0 N–H and O–H groups in total. The highest BCUT2D eigenvalue weighted by Gasteiger charge is 2.60. The molecule has 4 unspecified atom stereocenters. The van der Waals surface area contributed by atoms with Gasteiger partial charge in [-0.15, -0.1) is 5.06 Å². The molecular weight excluding hydrogens is 234 g/mol. The lowest BCUT2D eigenvalue weighted by molar-refractivity contribution is -0.172. The number of amides is 2. The molecule has 3 aliphatic rings. The van der Waals surface area contributed by atoms with Crippen LogP contribution in [0.2, 0.25) is 0 Å². The molecule has 1 heterocycles. The summed E-state index contributed by atoms with van der Waals surface area (Å²) >= 11 is 5.01. The predicted molar refractivity (Wildman–Crippen MR) is 51.9 cm³/mol. The van der Waals surface area contributed by atoms with E-state index in [0.29, 0.717) is 5.06 Å². The molecule has 16 heavy (non-hydrogen) atoms. The van der Waals surface area contributed by atoms with Crippen LogP contribution in [0.5, 0.6) is 0 Å². The van der Waals surface area contributed by atoms with Gasteiger partial charge in [0.15, 0.2) is 0 Å². The van der Waals surface area contributed by atoms with E-state index in [2.05, 4.69) is 4.84 Å². The Morgan fingerprint density at radius 1 is 1.25 bits per heavy atom. The molecule has 0 aromatic heterocycles. The first-order chi connectivity index (χ1) is 7.59. The minimum atomic E-state index is -1.16. The van der Waals surface area contributed by atoms with Gasteiger partial charge in [0.2, 0.25) is 0 Å². The van der Waals surface area contributed by atoms with E-state index in [1.54, 1.807) is 0 Å². The van der Waals surface area contributed by atoms with Crippen LogP contribution in [0.4, 0.5) is 4.79 Å². The van der Waals surface area contributed by atoms with Gasteiger partial charge >= 0.3 is 5.43 Å². The molecule has 0 aromatic carbocycles. The van der Waals surface area contributed by atoms with Gasteiger partial charge in [0.05, 0.1) is 11.8 Å². The van der Waals surface area contributed by atoms with E-state index in [0.717, 1.165) is 6.42 Å². The fourth-order valence-electron chi connectivity index (χ4n) is 3.04. The maximum atomic E-state index is 11.9. The third kappa shape index (κ3) is 1.09. The van der Waals surface area contributed by atoms with Gasteiger partial charge in [-0.05, 0) is 18.3 Å². The van der Waals surface area contributed by atoms with Crippen molar-refractivity contribution in [3.8, 4) is 0 Å². The zero-order valence-corrected chi connectivity index (χ0v) is 8.89. The standard InChI is InChI=1S/C10H8ClNO4/c11-10(15)16-12-8(13)6-4-1-2-5(3-4)7(6)9(12)14/h1-2,4-7H,3H2. The van der Waals surface area contributed by atoms with Gasteiger partial charge in [-0.1, -0.05) is 12.2 Å². The van der Waals surface area contributed by atoms with Gasteiger partial charge in [0.25, 0.3) is 11.8 Å². The molecule has 0 radical (unpaired) electrons. The Hall–Kier alpha value is -1.36. The topological polar surface area (TPSA) is 63.7 Å². The molecule has 0 aromatic rings. The van der Waals surface area contributed by atoms with Crippen molar-refractivity contribution in [3.05, 3.63) is 12.2 Å². The smallest absolute Gasteiger partial charge is 0.315 e. The van der Waals surface area contributed by atoms with Crippen molar-refractivity contribution in [3.63, 3.8) is 0 Å². The normalized spacial score (nSPS) is 39.4. The second kappa shape index (κ2) is 3.07. The summed E-state index contributed by atoms with van der Waals surface area (Å²) in [6, 6.07) is 0. The summed E-state index contributed by atoms with van der Waals surface area (Å²) in [5.74, 6) is -1.41. The number of allylic oxidation sites excluding steroid dienone is 2. The van der Waals surface area contributed by atoms with Crippen molar-refractivity contribution in [1.29, 1.82) is 0 Å². The van der Waals surface area contributed by atoms with Crippen molar-refractivity contribution >= 4 is 28.8 Å². The summed E-state index contributed by atoms with van der Waals surface area (Å²) < 4.78 is 0. The Morgan fingerprint density at radius 2 is 1.75 bits per heavy atom. The largest absolute Gasteiger partial charge is 0.428 e. The van der Waals surface area contributed by atoms with E-state index in [4.69, 9.17) is 11.6 Å². The van der Waals surface area contributed by atoms with Crippen LogP contribution >= 0.6 is 11.6 Å². The second-order valence-corrected chi connectivity index (χ2v) is 4.61. The fraction of sp³-hybridized carbons (Fsp3) is 0.500. The van der Waals surface area contributed by atoms with Crippen LogP contribution in [0.3, 0.4) is 0 Å². The van der Waals surface area contributed by atoms with Crippen LogP contribution in [0, 0.1) is 23.7 Å². The van der Waals surface area contributed by atoms with E-state index in [1.807, 2.05) is 12.2 Å². The van der Waals surface area contributed by atoms with Gasteiger partial charge in [-0.25, -0.2) is 4.79 Å². The number of hydrogen-bond donors (Lipinski definition) is 0. The summed E-state index contributed by atoms with van der Waals surface area (Å²) in [5.41, 5.74) is -1.16. The minimum absolute atomic E-state index is 0.102. The van der Waals surface area contributed by atoms with Crippen molar-refractivity contribution in [2.45, 2.75) is 6.42 Å². The van der Waals surface area contributed by atoms with Gasteiger partial charge in [-0.2, -0.15) is 0 Å². The molecule has 0 spiro atoms. The molecule has 2 fully saturated rings. The second-order valence-electron chi connectivity index (χ2n) is 4.30. The molecule has 1 aliphatic heterocycles. The number of nitrogens with zero attached hydrogens (tertiary/aromatic N) is 1. The van der Waals surface area contributed by atoms with Crippen LogP contribution in [0.25, 0.3) is 0 Å². The Labute approximate surface area is 95.9 Å². The van der Waals surface area contributed by atoms with Gasteiger partial charge < -0.3 is 4.84 Å². The zero-order valence-electron chi connectivity index (χ0n) is 8.13. The molecule has 6 heteroatoms. The third-order valence-corrected chi connectivity index (χ3v) is 3.66. The number of carbonyl (C=O) groups is 3. The average Bonchev–Trinajstić information content (AvgIpc) is 2.87. The van der Waals surface area contributed by atoms with Crippen LogP contribution in [0.15, 0.2) is 12.2 Å². The van der Waals surface area contributed by atoms with Gasteiger partial charge in [-0.3, -0.25) is 9.59 Å². The van der Waals surface area contributed by atoms with Crippen LogP contribution in [-0.2, 0) is 14.4 Å². The van der Waals surface area contributed by atoms with Crippen LogP contribution in [0.1, 0.15) is 6.42 Å². The molecule has 1 saturated heterocycles. The van der Waals surface area contributed by atoms with Crippen molar-refractivity contribution in [1.82, 2.24) is 5.06 Å². The molecule has 5 nitrogen and oxygen atoms in total. The van der Waals surface area contributed by atoms with Crippen molar-refractivity contribution < 1.29 is 19.2 Å². The number of rotatable bonds is 1. The number of imide groups is 1. The molecule has 4 atom stereocenters. The number of fused-ring (bicyclic) bond motifs is 5. The monoisotopic (exact) mass is 241 g/mol. The quantitative estimate of drug-likeness (QED) is 0.392. The highest BCUT2D eigenvalue weighted by Crippen LogP contribution is 2.52. The predicted octanol–water partition coefficient (Wildman–Crippen LogP) is 1.08. The number of hydroxylamine groups is 2. The lowest BCUT2D eigenvalue weighted by Gasteiger charge is -2.13. The first-order valence-corrected chi connectivity index (χ1v) is 5.41. The average molecular weight is 242 g/mol. The molecule has 3 rings (SSSR count). The lowest BCUT2D eigenvalue weighted by atomic mass is 9.85. The van der Waals surface area contributed by atoms with Gasteiger partial charge in [0.1, 0.15) is 0 Å². The number of carbonyl (C=O) groups excluding carboxylic acids is 3. The van der Waals surface area contributed by atoms with E-state index in [9.17, 15) is 14.4 Å². The summed E-state index contributed by atoms with van der Waals surface area (Å²) in [5, 5.41) is 0.525. The van der Waals surface area contributed by atoms with Crippen molar-refractivity contribution in [2.75, 3.05) is 0 Å². The maximum Gasteiger partial charge on any atom is 0.428 e. The molecule has 84 valence electrons. The first-order valence-electron chi connectivity index (χ1n) is 5.03. The van der Waals surface area contributed by atoms with Crippen molar-refractivity contribution in [2.24, 2.45) is 23.7 Å². The molecular formula is C10H8ClNO4. The Balaban J connectivity index is 1.91. The highest BCUT2D eigenvalue weighted by molar-refractivity contribution is 6.61. The number of halogens is 1. The zero-order chi connectivity index (χ0) is 11.4. The van der Waals surface area contributed by atoms with E-state index in [1.165, 1.54) is 0 Å². The lowest BCUT2D eigenvalue weighted by Crippen LogP contribution is -2.33. The third-order valence-electron chi connectivity index (χ3n) is 3.59. The van der Waals surface area contributed by atoms with Crippen LogP contribution < -0.4 is 0 Å². The Bertz CT molecular complexity index is 403. The molecule has 2 aliphatic carbocycles. The van der Waals surface area contributed by atoms with Gasteiger partial charge in [0, 0.05) is 11.6 Å². The minimum Gasteiger partial charge on any atom is -0.315 e. The Morgan fingerprint density at radius 3 is 2.19 bits per heavy atom. The Kier molecular flexibility index (Phi) is 1.89. The summed E-state index contributed by atoms with van der Waals surface area (Å²) in [7, 11) is 0. The molecule has 2 bridgehead atoms. The maximum absolute atomic E-state index is 11.9. The summed E-state index contributed by atoms with van der Waals surface area (Å²) in [6.45, 7) is 0. The van der Waals surface area contributed by atoms with Crippen LogP contribution in [-0.4, -0.2) is 22.3 Å². The highest BCUT2D eigenvalue weighted by atomic mass is 35.5. The first kappa shape index (κ1) is 9.84. The molecule has 2 amide bonds. The SMILES string of the molecule is O=C(Cl)ON1C(=O)C2C3C=CC(C3)C2C1=O. The number of hydrogen-bond acceptors (Lipinski definition) is 4. The van der Waals surface area contributed by atoms with E-state index >= 15 is 0 Å². The summed E-state index contributed by atoms with van der Waals surface area (Å²) in [4.78, 5) is 38.7. The van der Waals surface area contributed by atoms with E-state index < -0.39 is 17.2 Å². The van der Waals surface area contributed by atoms with E-state index in [-0.39, 0.29) is 23.7 Å².